The van der Waals surface area contributed by atoms with Crippen LogP contribution in [0.25, 0.3) is 156 Å². The number of para-hydroxylation sites is 4. The van der Waals surface area contributed by atoms with Gasteiger partial charge in [0.1, 0.15) is 11.6 Å². The molecule has 0 saturated heterocycles. The van der Waals surface area contributed by atoms with E-state index in [0.717, 1.165) is 122 Å². The summed E-state index contributed by atoms with van der Waals surface area (Å²) in [5.41, 5.74) is 17.4. The fraction of sp³-hybridized carbons (Fsp3) is 0.106. The minimum atomic E-state index is -1.23. The van der Waals surface area contributed by atoms with Crippen molar-refractivity contribution in [3.63, 3.8) is 0 Å². The van der Waals surface area contributed by atoms with Crippen LogP contribution < -0.4 is 10.4 Å². The minimum Gasteiger partial charge on any atom is -0.486 e. The molecule has 0 aliphatic carbocycles. The Morgan fingerprint density at radius 1 is 0.418 bits per heavy atom. The van der Waals surface area contributed by atoms with Crippen LogP contribution in [0, 0.1) is 35.9 Å². The van der Waals surface area contributed by atoms with Crippen molar-refractivity contribution < 1.29 is 57.8 Å². The van der Waals surface area contributed by atoms with E-state index in [1.54, 1.807) is 30.5 Å². The van der Waals surface area contributed by atoms with E-state index in [2.05, 4.69) is 204 Å². The Labute approximate surface area is 666 Å². The summed E-state index contributed by atoms with van der Waals surface area (Å²) in [5, 5.41) is 8.92. The van der Waals surface area contributed by atoms with Crippen molar-refractivity contribution in [3.8, 4) is 67.8 Å². The molecule has 110 heavy (non-hydrogen) atoms. The maximum absolute atomic E-state index is 14.6. The largest absolute Gasteiger partial charge is 0.486 e. The molecule has 0 unspecified atom stereocenters. The number of aromatic nitrogens is 8. The summed E-state index contributed by atoms with van der Waals surface area (Å²) >= 11 is 0. The molecular weight excluding hydrogens is 1750 g/mol. The van der Waals surface area contributed by atoms with Gasteiger partial charge in [-0.3, -0.25) is 9.97 Å². The molecule has 0 bridgehead atoms. The zero-order chi connectivity index (χ0) is 74.4. The van der Waals surface area contributed by atoms with Crippen LogP contribution >= 0.6 is 0 Å². The fourth-order valence-corrected chi connectivity index (χ4v) is 15.8. The van der Waals surface area contributed by atoms with Crippen LogP contribution in [0.1, 0.15) is 26.3 Å². The van der Waals surface area contributed by atoms with Crippen molar-refractivity contribution in [3.05, 3.63) is 327 Å². The van der Waals surface area contributed by atoms with Gasteiger partial charge in [0, 0.05) is 91.7 Å². The number of benzene rings is 11. The van der Waals surface area contributed by atoms with Crippen molar-refractivity contribution in [1.82, 2.24) is 39.0 Å². The number of halogens is 2. The first-order chi connectivity index (χ1) is 52.3. The second-order valence-electron chi connectivity index (χ2n) is 29.8. The van der Waals surface area contributed by atoms with Gasteiger partial charge in [-0.1, -0.05) is 197 Å². The van der Waals surface area contributed by atoms with Crippen LogP contribution in [-0.2, 0) is 45.6 Å². The molecule has 546 valence electrons. The van der Waals surface area contributed by atoms with E-state index in [0.29, 0.717) is 33.5 Å². The van der Waals surface area contributed by atoms with Crippen LogP contribution in [-0.4, -0.2) is 55.2 Å². The summed E-state index contributed by atoms with van der Waals surface area (Å²) in [6.45, 7) is 20.6. The molecule has 0 aliphatic rings. The van der Waals surface area contributed by atoms with Gasteiger partial charge in [0.15, 0.2) is 0 Å². The smallest absolute Gasteiger partial charge is 0.216 e. The molecule has 0 amide bonds. The van der Waals surface area contributed by atoms with Crippen molar-refractivity contribution in [2.24, 2.45) is 0 Å². The number of hydrogen-bond acceptors (Lipinski definition) is 8. The molecule has 0 fully saturated rings. The molecular formula is C94H74F2Ir2N8O2Si2-4. The predicted octanol–water partition coefficient (Wildman–Crippen LogP) is 23.3. The quantitative estimate of drug-likeness (QED) is 0.104. The van der Waals surface area contributed by atoms with E-state index in [1.165, 1.54) is 34.1 Å². The van der Waals surface area contributed by atoms with Gasteiger partial charge < -0.3 is 27.9 Å². The Morgan fingerprint density at radius 3 is 1.55 bits per heavy atom. The Morgan fingerprint density at radius 2 is 0.955 bits per heavy atom. The topological polar surface area (TPSA) is 113 Å². The van der Waals surface area contributed by atoms with Gasteiger partial charge in [-0.25, -0.2) is 18.7 Å². The predicted molar refractivity (Wildman–Crippen MR) is 443 cm³/mol. The number of nitrogens with zero attached hydrogens (tertiary/aromatic N) is 8. The summed E-state index contributed by atoms with van der Waals surface area (Å²) in [5.74, 6) is 0.889. The zero-order valence-electron chi connectivity index (χ0n) is 62.0. The van der Waals surface area contributed by atoms with Crippen LogP contribution in [0.3, 0.4) is 0 Å². The van der Waals surface area contributed by atoms with Crippen molar-refractivity contribution >= 4 is 114 Å². The van der Waals surface area contributed by atoms with Gasteiger partial charge in [-0.2, -0.15) is 0 Å². The summed E-state index contributed by atoms with van der Waals surface area (Å²) in [4.78, 5) is 28.3. The van der Waals surface area contributed by atoms with Crippen molar-refractivity contribution in [2.75, 3.05) is 0 Å². The van der Waals surface area contributed by atoms with Crippen molar-refractivity contribution in [2.45, 2.75) is 65.5 Å². The number of fused-ring (bicyclic) bond motifs is 10. The SMILES string of the molecule is CC(C)(C)c1ccc(-n2c(-c3[c-]ccc4c3oc3nccc(-c5ccc(F)cc5)c34)nc3ccccc32)cc1.C[Si](C)(C)c1ccc(-c2[c-]cccc2)nc1.C[Si](C)(C)c1ccc(-c2[c-]cccc2)nc1.Fc1cccc2nc3oc4c(-c5nc6ccccc6n5-c5cccc6ccccc56)[c-]ccc4c3cc12.[Ir].[Ir]. The van der Waals surface area contributed by atoms with Crippen molar-refractivity contribution in [1.29, 1.82) is 0 Å². The van der Waals surface area contributed by atoms with Crippen LogP contribution in [0.2, 0.25) is 39.3 Å². The number of hydrogen-bond donors (Lipinski definition) is 0. The molecule has 8 heterocycles. The molecule has 11 aromatic carbocycles. The van der Waals surface area contributed by atoms with Gasteiger partial charge in [-0.05, 0) is 128 Å². The Kier molecular flexibility index (Phi) is 21.5. The third-order valence-corrected chi connectivity index (χ3v) is 23.6. The molecule has 0 saturated carbocycles. The maximum atomic E-state index is 14.6. The number of imidazole rings is 2. The van der Waals surface area contributed by atoms with E-state index in [4.69, 9.17) is 18.8 Å². The fourth-order valence-electron chi connectivity index (χ4n) is 13.7. The van der Waals surface area contributed by atoms with E-state index in [1.807, 2.05) is 146 Å². The van der Waals surface area contributed by atoms with Gasteiger partial charge >= 0.3 is 0 Å². The average molecular weight is 1830 g/mol. The second-order valence-corrected chi connectivity index (χ2v) is 40.0. The number of furan rings is 2. The van der Waals surface area contributed by atoms with Gasteiger partial charge in [-0.15, -0.1) is 108 Å². The van der Waals surface area contributed by atoms with E-state index < -0.39 is 16.1 Å². The molecule has 0 aliphatic heterocycles. The zero-order valence-corrected chi connectivity index (χ0v) is 68.7. The molecule has 19 rings (SSSR count). The van der Waals surface area contributed by atoms with Crippen LogP contribution in [0.4, 0.5) is 8.78 Å². The molecule has 10 nitrogen and oxygen atoms in total. The molecule has 8 aromatic heterocycles. The summed E-state index contributed by atoms with van der Waals surface area (Å²) in [7, 11) is -2.46. The second kappa shape index (κ2) is 31.3. The number of rotatable bonds is 9. The summed E-state index contributed by atoms with van der Waals surface area (Å²) in [6, 6.07) is 100.0. The summed E-state index contributed by atoms with van der Waals surface area (Å²) < 4.78 is 45.3. The third kappa shape index (κ3) is 15.2. The standard InChI is InChI=1S/C34H25FN3O.C32H17FN3O.2C14H16NSi.2Ir/c1-34(2,3)22-13-17-24(18-14-22)38-29-10-5-4-9-28(29)37-32(38)27-8-6-7-26-30-25(21-11-15-23(35)16-12-21)19-20-36-33(30)39-31(26)27;33-25-13-7-15-26-24(25)18-23-21-11-6-12-22(30(21)37-32(23)35-26)31-34-27-14-3-4-16-29(27)36(31)28-17-5-9-19-8-1-2-10-20(19)28;2*1-16(2,3)13-9-10-14(15-11-13)12-7-5-4-6-8-12;;/h4-7,9-20H,1-3H3;1-11,13-18H;2*4-7,9-11H,1-3H3;;/q4*-1;;. The summed E-state index contributed by atoms with van der Waals surface area (Å²) in [6.07, 6.45) is 5.75. The van der Waals surface area contributed by atoms with Crippen LogP contribution in [0.5, 0.6) is 0 Å². The first kappa shape index (κ1) is 75.5. The first-order valence-electron chi connectivity index (χ1n) is 36.0. The maximum Gasteiger partial charge on any atom is 0.216 e. The normalized spacial score (nSPS) is 11.6. The van der Waals surface area contributed by atoms with Gasteiger partial charge in [0.25, 0.3) is 0 Å². The third-order valence-electron chi connectivity index (χ3n) is 19.5. The molecule has 0 atom stereocenters. The van der Waals surface area contributed by atoms with E-state index >= 15 is 0 Å². The van der Waals surface area contributed by atoms with Gasteiger partial charge in [0.2, 0.25) is 11.4 Å². The van der Waals surface area contributed by atoms with E-state index in [-0.39, 0.29) is 57.3 Å². The number of pyridine rings is 4. The van der Waals surface area contributed by atoms with E-state index in [9.17, 15) is 8.78 Å². The molecule has 0 N–H and O–H groups in total. The molecule has 2 radical (unpaired) electrons. The minimum absolute atomic E-state index is 0. The Bertz CT molecular complexity index is 6410. The average Bonchev–Trinajstić information content (AvgIpc) is 1.58. The molecule has 16 heteroatoms. The Balaban J connectivity index is 0.000000131. The molecule has 0 spiro atoms. The Hall–Kier alpha value is -11.3. The first-order valence-corrected chi connectivity index (χ1v) is 43.0. The van der Waals surface area contributed by atoms with Gasteiger partial charge in [0.05, 0.1) is 66.5 Å². The monoisotopic (exact) mass is 1830 g/mol. The molecule has 19 aromatic rings. The van der Waals surface area contributed by atoms with Crippen LogP contribution in [0.15, 0.2) is 294 Å².